The second kappa shape index (κ2) is 6.55. The molecule has 2 heterocycles. The van der Waals surface area contributed by atoms with Crippen LogP contribution in [0, 0.1) is 0 Å². The second-order valence-corrected chi connectivity index (χ2v) is 9.22. The van der Waals surface area contributed by atoms with Gasteiger partial charge in [0.2, 0.25) is 10.0 Å². The number of pyridine rings is 1. The van der Waals surface area contributed by atoms with Gasteiger partial charge in [0.25, 0.3) is 0 Å². The largest absolute Gasteiger partial charge is 0.386 e. The number of anilines is 1. The van der Waals surface area contributed by atoms with Crippen molar-refractivity contribution in [1.82, 2.24) is 9.29 Å². The summed E-state index contributed by atoms with van der Waals surface area (Å²) in [6.07, 6.45) is 4.56. The monoisotopic (exact) mass is 363 g/mol. The summed E-state index contributed by atoms with van der Waals surface area (Å²) >= 11 is 0. The molecule has 25 heavy (non-hydrogen) atoms. The average Bonchev–Trinajstić information content (AvgIpc) is 2.53. The minimum absolute atomic E-state index is 0.192. The average molecular weight is 363 g/mol. The Kier molecular flexibility index (Phi) is 4.74. The first kappa shape index (κ1) is 18.1. The molecule has 0 bridgehead atoms. The highest BCUT2D eigenvalue weighted by atomic mass is 32.2. The molecule has 0 saturated carbocycles. The number of fused-ring (bicyclic) bond motifs is 1. The molecule has 6 nitrogen and oxygen atoms in total. The Morgan fingerprint density at radius 1 is 1.28 bits per heavy atom. The van der Waals surface area contributed by atoms with Gasteiger partial charge in [-0.15, -0.1) is 0 Å². The molecule has 0 spiro atoms. The zero-order valence-electron chi connectivity index (χ0n) is 14.9. The third-order valence-corrected chi connectivity index (χ3v) is 6.00. The predicted molar refractivity (Wildman–Crippen MR) is 100 cm³/mol. The first-order valence-electron chi connectivity index (χ1n) is 8.48. The second-order valence-electron chi connectivity index (χ2n) is 7.24. The van der Waals surface area contributed by atoms with Crippen LogP contribution in [-0.2, 0) is 15.6 Å². The Balaban J connectivity index is 1.79. The van der Waals surface area contributed by atoms with Crippen molar-refractivity contribution in [3.63, 3.8) is 0 Å². The summed E-state index contributed by atoms with van der Waals surface area (Å²) < 4.78 is 24.7. The van der Waals surface area contributed by atoms with E-state index < -0.39 is 15.6 Å². The van der Waals surface area contributed by atoms with Crippen LogP contribution in [0.4, 0.5) is 5.82 Å². The molecule has 1 aromatic carbocycles. The van der Waals surface area contributed by atoms with E-state index in [-0.39, 0.29) is 6.04 Å². The molecule has 1 saturated heterocycles. The first-order valence-corrected chi connectivity index (χ1v) is 10.3. The fourth-order valence-corrected chi connectivity index (χ4v) is 4.20. The summed E-state index contributed by atoms with van der Waals surface area (Å²) in [7, 11) is -3.11. The minimum atomic E-state index is -3.11. The summed E-state index contributed by atoms with van der Waals surface area (Å²) in [6, 6.07) is 7.98. The number of nitrogens with zero attached hydrogens (tertiary/aromatic N) is 2. The van der Waals surface area contributed by atoms with Crippen molar-refractivity contribution >= 4 is 26.6 Å². The zero-order valence-corrected chi connectivity index (χ0v) is 15.7. The molecule has 1 aromatic heterocycles. The molecule has 0 unspecified atom stereocenters. The molecule has 2 N–H and O–H groups in total. The highest BCUT2D eigenvalue weighted by molar-refractivity contribution is 7.88. The van der Waals surface area contributed by atoms with E-state index in [1.165, 1.54) is 10.6 Å². The van der Waals surface area contributed by atoms with Crippen LogP contribution >= 0.6 is 0 Å². The number of rotatable bonds is 4. The Hall–Kier alpha value is -1.70. The normalized spacial score (nSPS) is 17.8. The lowest BCUT2D eigenvalue weighted by atomic mass is 9.93. The van der Waals surface area contributed by atoms with Gasteiger partial charge in [-0.2, -0.15) is 0 Å². The van der Waals surface area contributed by atoms with Crippen LogP contribution in [0.3, 0.4) is 0 Å². The minimum Gasteiger partial charge on any atom is -0.386 e. The van der Waals surface area contributed by atoms with Gasteiger partial charge in [0.05, 0.1) is 11.9 Å². The van der Waals surface area contributed by atoms with Gasteiger partial charge in [-0.1, -0.05) is 18.2 Å². The van der Waals surface area contributed by atoms with Crippen LogP contribution in [0.5, 0.6) is 0 Å². The van der Waals surface area contributed by atoms with Gasteiger partial charge < -0.3 is 10.4 Å². The van der Waals surface area contributed by atoms with E-state index in [1.54, 1.807) is 20.0 Å². The number of piperidine rings is 1. The van der Waals surface area contributed by atoms with Crippen LogP contribution in [0.25, 0.3) is 10.8 Å². The van der Waals surface area contributed by atoms with Crippen molar-refractivity contribution in [1.29, 1.82) is 0 Å². The molecule has 7 heteroatoms. The first-order chi connectivity index (χ1) is 11.6. The van der Waals surface area contributed by atoms with E-state index >= 15 is 0 Å². The topological polar surface area (TPSA) is 82.5 Å². The highest BCUT2D eigenvalue weighted by Gasteiger charge is 2.25. The zero-order chi connectivity index (χ0) is 18.2. The third kappa shape index (κ3) is 4.11. The lowest BCUT2D eigenvalue weighted by molar-refractivity contribution is 0.0802. The summed E-state index contributed by atoms with van der Waals surface area (Å²) in [4.78, 5) is 4.47. The molecule has 0 atom stereocenters. The predicted octanol–water partition coefficient (Wildman–Crippen LogP) is 2.30. The highest BCUT2D eigenvalue weighted by Crippen LogP contribution is 2.29. The van der Waals surface area contributed by atoms with Crippen molar-refractivity contribution in [2.24, 2.45) is 0 Å². The lowest BCUT2D eigenvalue weighted by Crippen LogP contribution is -2.41. The number of sulfonamides is 1. The fraction of sp³-hybridized carbons (Fsp3) is 0.500. The fourth-order valence-electron chi connectivity index (χ4n) is 3.32. The molecule has 0 aliphatic carbocycles. The van der Waals surface area contributed by atoms with Gasteiger partial charge >= 0.3 is 0 Å². The summed E-state index contributed by atoms with van der Waals surface area (Å²) in [5, 5.41) is 15.8. The van der Waals surface area contributed by atoms with Gasteiger partial charge in [0.15, 0.2) is 0 Å². The van der Waals surface area contributed by atoms with E-state index in [9.17, 15) is 13.5 Å². The molecule has 1 aliphatic heterocycles. The van der Waals surface area contributed by atoms with Crippen molar-refractivity contribution in [3.05, 3.63) is 36.0 Å². The van der Waals surface area contributed by atoms with Crippen molar-refractivity contribution in [2.75, 3.05) is 24.7 Å². The molecular formula is C18H25N3O3S. The maximum Gasteiger partial charge on any atom is 0.211 e. The number of hydrogen-bond acceptors (Lipinski definition) is 5. The Bertz CT molecular complexity index is 867. The van der Waals surface area contributed by atoms with E-state index in [0.717, 1.165) is 35.0 Å². The maximum absolute atomic E-state index is 11.6. The molecule has 2 aromatic rings. The molecule has 1 fully saturated rings. The standard InChI is InChI=1S/C18H25N3O3S/c1-18(2,22)16-6-4-5-13-12-19-17(11-15(13)16)20-14-7-9-21(10-8-14)25(3,23)24/h4-6,11-12,14,22H,7-10H2,1-3H3,(H,19,20). The lowest BCUT2D eigenvalue weighted by Gasteiger charge is -2.31. The summed E-state index contributed by atoms with van der Waals surface area (Å²) in [6.45, 7) is 4.60. The number of nitrogens with one attached hydrogen (secondary N) is 1. The number of hydrogen-bond donors (Lipinski definition) is 2. The summed E-state index contributed by atoms with van der Waals surface area (Å²) in [5.74, 6) is 0.752. The molecule has 3 rings (SSSR count). The molecule has 0 radical (unpaired) electrons. The molecule has 1 aliphatic rings. The Morgan fingerprint density at radius 3 is 2.56 bits per heavy atom. The number of aromatic nitrogens is 1. The van der Waals surface area contributed by atoms with Gasteiger partial charge in [0.1, 0.15) is 5.82 Å². The van der Waals surface area contributed by atoms with Crippen molar-refractivity contribution in [3.8, 4) is 0 Å². The van der Waals surface area contributed by atoms with E-state index in [1.807, 2.05) is 24.3 Å². The molecular weight excluding hydrogens is 338 g/mol. The Labute approximate surface area is 148 Å². The number of benzene rings is 1. The molecule has 0 amide bonds. The van der Waals surface area contributed by atoms with Crippen molar-refractivity contribution in [2.45, 2.75) is 38.3 Å². The van der Waals surface area contributed by atoms with E-state index in [2.05, 4.69) is 10.3 Å². The summed E-state index contributed by atoms with van der Waals surface area (Å²) in [5.41, 5.74) is -0.0683. The van der Waals surface area contributed by atoms with Crippen LogP contribution in [-0.4, -0.2) is 48.2 Å². The molecule has 136 valence electrons. The number of aliphatic hydroxyl groups is 1. The van der Waals surface area contributed by atoms with Crippen LogP contribution in [0.15, 0.2) is 30.5 Å². The smallest absolute Gasteiger partial charge is 0.211 e. The maximum atomic E-state index is 11.6. The van der Waals surface area contributed by atoms with E-state index in [0.29, 0.717) is 13.1 Å². The van der Waals surface area contributed by atoms with Crippen molar-refractivity contribution < 1.29 is 13.5 Å². The van der Waals surface area contributed by atoms with Crippen LogP contribution < -0.4 is 5.32 Å². The third-order valence-electron chi connectivity index (χ3n) is 4.70. The van der Waals surface area contributed by atoms with Gasteiger partial charge in [-0.3, -0.25) is 0 Å². The quantitative estimate of drug-likeness (QED) is 0.871. The van der Waals surface area contributed by atoms with E-state index in [4.69, 9.17) is 0 Å². The van der Waals surface area contributed by atoms with Gasteiger partial charge in [-0.05, 0) is 43.7 Å². The van der Waals surface area contributed by atoms with Gasteiger partial charge in [0, 0.05) is 30.7 Å². The van der Waals surface area contributed by atoms with Crippen LogP contribution in [0.1, 0.15) is 32.3 Å². The Morgan fingerprint density at radius 2 is 1.96 bits per heavy atom. The van der Waals surface area contributed by atoms with Gasteiger partial charge in [-0.25, -0.2) is 17.7 Å². The van der Waals surface area contributed by atoms with Crippen LogP contribution in [0.2, 0.25) is 0 Å². The SMILES string of the molecule is CC(C)(O)c1cccc2cnc(NC3CCN(S(C)(=O)=O)CC3)cc12.